The van der Waals surface area contributed by atoms with E-state index in [9.17, 15) is 4.79 Å². The molecule has 1 aromatic heterocycles. The third kappa shape index (κ3) is 6.82. The summed E-state index contributed by atoms with van der Waals surface area (Å²) in [6.07, 6.45) is 2.55. The molecular weight excluding hydrogens is 497 g/mol. The lowest BCUT2D eigenvalue weighted by atomic mass is 9.97. The van der Waals surface area contributed by atoms with E-state index in [1.54, 1.807) is 6.92 Å². The Morgan fingerprint density at radius 1 is 1.21 bits per heavy atom. The highest BCUT2D eigenvalue weighted by Gasteiger charge is 2.26. The molecule has 8 heteroatoms. The number of piperazine rings is 1. The molecule has 0 spiro atoms. The molecule has 1 N–H and O–H groups in total. The van der Waals surface area contributed by atoms with Crippen molar-refractivity contribution in [3.05, 3.63) is 22.4 Å². The smallest absolute Gasteiger partial charge is 0.219 e. The van der Waals surface area contributed by atoms with Gasteiger partial charge in [0.2, 0.25) is 5.91 Å². The summed E-state index contributed by atoms with van der Waals surface area (Å²) in [5.41, 5.74) is 0. The zero-order valence-electron chi connectivity index (χ0n) is 18.0. The number of hydrogen-bond donors (Lipinski definition) is 1. The number of aliphatic imine (C=N–C) groups is 1. The molecule has 1 unspecified atom stereocenters. The van der Waals surface area contributed by atoms with Gasteiger partial charge in [-0.25, -0.2) is 0 Å². The number of nitrogens with zero attached hydrogens (tertiary/aromatic N) is 4. The summed E-state index contributed by atoms with van der Waals surface area (Å²) in [5.74, 6) is 1.98. The number of halogens is 1. The monoisotopic (exact) mass is 533 g/mol. The fourth-order valence-electron chi connectivity index (χ4n) is 4.04. The van der Waals surface area contributed by atoms with Crippen molar-refractivity contribution in [1.29, 1.82) is 0 Å². The maximum atomic E-state index is 11.6. The lowest BCUT2D eigenvalue weighted by molar-refractivity contribution is -0.130. The second kappa shape index (κ2) is 12.1. The normalized spacial score (nSPS) is 20.3. The largest absolute Gasteiger partial charge is 0.357 e. The number of carbonyl (C=O) groups is 1. The zero-order valence-corrected chi connectivity index (χ0v) is 21.1. The number of likely N-dealkylation sites (tertiary alicyclic amines) is 1. The number of guanidine groups is 1. The van der Waals surface area contributed by atoms with Crippen LogP contribution >= 0.6 is 35.3 Å². The average molecular weight is 534 g/mol. The van der Waals surface area contributed by atoms with Crippen molar-refractivity contribution < 1.29 is 4.79 Å². The molecule has 0 saturated carbocycles. The number of thiophene rings is 1. The molecule has 29 heavy (non-hydrogen) atoms. The Bertz CT molecular complexity index is 638. The first kappa shape index (κ1) is 24.4. The van der Waals surface area contributed by atoms with Gasteiger partial charge >= 0.3 is 0 Å². The van der Waals surface area contributed by atoms with E-state index in [4.69, 9.17) is 4.99 Å². The lowest BCUT2D eigenvalue weighted by Crippen LogP contribution is -2.53. The summed E-state index contributed by atoms with van der Waals surface area (Å²) < 4.78 is 0. The van der Waals surface area contributed by atoms with E-state index in [-0.39, 0.29) is 29.9 Å². The molecule has 2 saturated heterocycles. The lowest BCUT2D eigenvalue weighted by Gasteiger charge is -2.37. The Morgan fingerprint density at radius 2 is 1.86 bits per heavy atom. The average Bonchev–Trinajstić information content (AvgIpc) is 3.23. The summed E-state index contributed by atoms with van der Waals surface area (Å²) in [4.78, 5) is 24.9. The van der Waals surface area contributed by atoms with Crippen molar-refractivity contribution in [2.24, 2.45) is 10.9 Å². The van der Waals surface area contributed by atoms with Crippen LogP contribution < -0.4 is 5.32 Å². The molecule has 3 rings (SSSR count). The van der Waals surface area contributed by atoms with E-state index < -0.39 is 0 Å². The molecule has 2 aliphatic heterocycles. The molecule has 2 aliphatic rings. The minimum absolute atomic E-state index is 0. The van der Waals surface area contributed by atoms with Crippen LogP contribution in [0.2, 0.25) is 0 Å². The van der Waals surface area contributed by atoms with Crippen molar-refractivity contribution in [3.63, 3.8) is 0 Å². The van der Waals surface area contributed by atoms with Crippen molar-refractivity contribution in [2.75, 3.05) is 52.4 Å². The SMILES string of the molecule is CCNC(=NCC(c1cccs1)N1CCC(C)CC1)N1CCN(C(C)=O)CC1.I. The molecule has 3 heterocycles. The predicted molar refractivity (Wildman–Crippen MR) is 132 cm³/mol. The van der Waals surface area contributed by atoms with Crippen molar-refractivity contribution in [3.8, 4) is 0 Å². The fraction of sp³-hybridized carbons (Fsp3) is 0.714. The standard InChI is InChI=1S/C21H35N5OS.HI/c1-4-22-21(26-13-11-24(12-14-26)18(3)27)23-16-19(20-6-5-15-28-20)25-9-7-17(2)8-10-25;/h5-6,15,17,19H,4,7-14,16H2,1-3H3,(H,22,23);1H. The number of carbonyl (C=O) groups excluding carboxylic acids is 1. The molecule has 0 radical (unpaired) electrons. The number of nitrogens with one attached hydrogen (secondary N) is 1. The minimum atomic E-state index is 0. The Hall–Kier alpha value is -0.870. The van der Waals surface area contributed by atoms with E-state index in [0.717, 1.165) is 64.2 Å². The Balaban J connectivity index is 0.00000300. The van der Waals surface area contributed by atoms with E-state index in [2.05, 4.69) is 46.5 Å². The molecular formula is C21H36IN5OS. The van der Waals surface area contributed by atoms with Gasteiger partial charge in [-0.1, -0.05) is 13.0 Å². The molecule has 1 atom stereocenters. The highest BCUT2D eigenvalue weighted by atomic mass is 127. The second-order valence-corrected chi connectivity index (χ2v) is 8.92. The summed E-state index contributed by atoms with van der Waals surface area (Å²) >= 11 is 1.84. The quantitative estimate of drug-likeness (QED) is 0.359. The van der Waals surface area contributed by atoms with Gasteiger partial charge in [-0.05, 0) is 50.2 Å². The predicted octanol–water partition coefficient (Wildman–Crippen LogP) is 3.27. The number of hydrogen-bond acceptors (Lipinski definition) is 4. The van der Waals surface area contributed by atoms with Gasteiger partial charge in [0.05, 0.1) is 12.6 Å². The summed E-state index contributed by atoms with van der Waals surface area (Å²) in [6, 6.07) is 4.76. The van der Waals surface area contributed by atoms with Crippen LogP contribution in [0.3, 0.4) is 0 Å². The van der Waals surface area contributed by atoms with Gasteiger partial charge in [-0.15, -0.1) is 35.3 Å². The summed E-state index contributed by atoms with van der Waals surface area (Å²) in [5, 5.41) is 5.64. The molecule has 6 nitrogen and oxygen atoms in total. The topological polar surface area (TPSA) is 51.2 Å². The number of rotatable bonds is 5. The Labute approximate surface area is 196 Å². The van der Waals surface area contributed by atoms with Crippen LogP contribution in [0.4, 0.5) is 0 Å². The van der Waals surface area contributed by atoms with Gasteiger partial charge in [0.1, 0.15) is 0 Å². The molecule has 164 valence electrons. The highest BCUT2D eigenvalue weighted by molar-refractivity contribution is 14.0. The highest BCUT2D eigenvalue weighted by Crippen LogP contribution is 2.29. The van der Waals surface area contributed by atoms with Crippen LogP contribution in [0, 0.1) is 5.92 Å². The van der Waals surface area contributed by atoms with E-state index >= 15 is 0 Å². The van der Waals surface area contributed by atoms with Crippen LogP contribution in [0.5, 0.6) is 0 Å². The Kier molecular flexibility index (Phi) is 10.2. The molecule has 2 fully saturated rings. The first-order chi connectivity index (χ1) is 13.6. The molecule has 1 amide bonds. The van der Waals surface area contributed by atoms with Crippen LogP contribution in [-0.4, -0.2) is 78.9 Å². The summed E-state index contributed by atoms with van der Waals surface area (Å²) in [7, 11) is 0. The van der Waals surface area contributed by atoms with Gasteiger partial charge in [-0.2, -0.15) is 0 Å². The molecule has 0 bridgehead atoms. The van der Waals surface area contributed by atoms with E-state index in [0.29, 0.717) is 6.04 Å². The molecule has 0 aromatic carbocycles. The van der Waals surface area contributed by atoms with Gasteiger partial charge in [0.15, 0.2) is 5.96 Å². The third-order valence-corrected chi connectivity index (χ3v) is 6.88. The van der Waals surface area contributed by atoms with Gasteiger partial charge in [0, 0.05) is 44.5 Å². The maximum absolute atomic E-state index is 11.6. The van der Waals surface area contributed by atoms with Crippen LogP contribution in [-0.2, 0) is 4.79 Å². The van der Waals surface area contributed by atoms with Crippen LogP contribution in [0.15, 0.2) is 22.5 Å². The van der Waals surface area contributed by atoms with Crippen molar-refractivity contribution in [2.45, 2.75) is 39.7 Å². The van der Waals surface area contributed by atoms with E-state index in [1.165, 1.54) is 17.7 Å². The zero-order chi connectivity index (χ0) is 19.9. The van der Waals surface area contributed by atoms with Crippen LogP contribution in [0.1, 0.15) is 44.5 Å². The molecule has 0 aliphatic carbocycles. The first-order valence-corrected chi connectivity index (χ1v) is 11.5. The van der Waals surface area contributed by atoms with Crippen LogP contribution in [0.25, 0.3) is 0 Å². The van der Waals surface area contributed by atoms with Gasteiger partial charge in [-0.3, -0.25) is 14.7 Å². The molecule has 1 aromatic rings. The maximum Gasteiger partial charge on any atom is 0.219 e. The van der Waals surface area contributed by atoms with Gasteiger partial charge < -0.3 is 15.1 Å². The fourth-order valence-corrected chi connectivity index (χ4v) is 4.89. The number of amides is 1. The Morgan fingerprint density at radius 3 is 2.41 bits per heavy atom. The van der Waals surface area contributed by atoms with Gasteiger partial charge in [0.25, 0.3) is 0 Å². The third-order valence-electron chi connectivity index (χ3n) is 5.90. The number of piperidine rings is 1. The first-order valence-electron chi connectivity index (χ1n) is 10.6. The summed E-state index contributed by atoms with van der Waals surface area (Å²) in [6.45, 7) is 13.3. The van der Waals surface area contributed by atoms with Crippen molar-refractivity contribution in [1.82, 2.24) is 20.0 Å². The second-order valence-electron chi connectivity index (χ2n) is 7.94. The minimum Gasteiger partial charge on any atom is -0.357 e. The van der Waals surface area contributed by atoms with Crippen molar-refractivity contribution >= 4 is 47.2 Å². The van der Waals surface area contributed by atoms with E-state index in [1.807, 2.05) is 16.2 Å².